The molecule has 14 heteroatoms. The van der Waals surface area contributed by atoms with E-state index >= 15 is 0 Å². The van der Waals surface area contributed by atoms with Crippen LogP contribution in [0.1, 0.15) is 114 Å². The SMILES string of the molecule is CC#CCOc1ccc(C[C@@H]2NC(=O)[C@@H](C=CCCCCCCC(=O)CCCCCCC)[C@](O)(C(=O)O)CC(=O)OCc3oc(=O)oc3COC2=O)cc1. The summed E-state index contributed by atoms with van der Waals surface area (Å²) in [4.78, 5) is 76.7. The van der Waals surface area contributed by atoms with Crippen molar-refractivity contribution in [1.29, 1.82) is 0 Å². The topological polar surface area (TPSA) is 209 Å². The van der Waals surface area contributed by atoms with Crippen LogP contribution in [0.4, 0.5) is 0 Å². The molecular weight excluding hydrogens is 702 g/mol. The van der Waals surface area contributed by atoms with Gasteiger partial charge in [0.05, 0.1) is 12.3 Å². The van der Waals surface area contributed by atoms with Crippen LogP contribution in [0.25, 0.3) is 0 Å². The molecule has 0 aliphatic carbocycles. The first-order valence-corrected chi connectivity index (χ1v) is 18.5. The number of carboxylic acids is 1. The standard InChI is InChI=1S/C40H51NO13/c1-3-5-7-10-13-16-29(42)17-14-11-8-9-12-15-18-31-36(44)41-32(24-28-19-21-30(22-20-28)50-23-6-4-2)37(45)52-27-34-33(53-39(48)54-34)26-51-35(43)25-40(31,49)38(46)47/h15,18-22,31-32,49H,3,5,7-14,16-17,23-27H2,1-2H3,(H,41,44)(H,46,47)/t31-,32+,40+/m1/s1. The summed E-state index contributed by atoms with van der Waals surface area (Å²) in [6.45, 7) is 2.69. The number of benzene rings is 1. The Bertz CT molecular complexity index is 1690. The molecule has 1 aromatic carbocycles. The molecule has 1 aromatic heterocycles. The third-order valence-electron chi connectivity index (χ3n) is 8.93. The number of ether oxygens (including phenoxy) is 3. The van der Waals surface area contributed by atoms with Gasteiger partial charge in [-0.15, -0.1) is 5.92 Å². The molecular formula is C40H51NO13. The molecule has 0 spiro atoms. The molecule has 2 heterocycles. The number of rotatable bonds is 19. The number of unbranched alkanes of at least 4 members (excludes halogenated alkanes) is 8. The fourth-order valence-corrected chi connectivity index (χ4v) is 5.82. The molecule has 0 radical (unpaired) electrons. The molecule has 0 bridgehead atoms. The lowest BCUT2D eigenvalue weighted by molar-refractivity contribution is -0.174. The number of cyclic esters (lactones) is 2. The second-order valence-corrected chi connectivity index (χ2v) is 13.2. The molecule has 0 unspecified atom stereocenters. The highest BCUT2D eigenvalue weighted by Gasteiger charge is 2.49. The summed E-state index contributed by atoms with van der Waals surface area (Å²) in [5.41, 5.74) is -2.45. The van der Waals surface area contributed by atoms with Gasteiger partial charge in [-0.1, -0.05) is 75.7 Å². The summed E-state index contributed by atoms with van der Waals surface area (Å²) >= 11 is 0. The van der Waals surface area contributed by atoms with Gasteiger partial charge in [-0.25, -0.2) is 14.4 Å². The third kappa shape index (κ3) is 14.3. The van der Waals surface area contributed by atoms with Crippen LogP contribution in [0.3, 0.4) is 0 Å². The Morgan fingerprint density at radius 2 is 1.56 bits per heavy atom. The number of aliphatic carboxylic acids is 1. The Kier molecular flexibility index (Phi) is 18.3. The zero-order valence-corrected chi connectivity index (χ0v) is 31.0. The van der Waals surface area contributed by atoms with E-state index in [9.17, 15) is 39.0 Å². The minimum absolute atomic E-state index is 0.132. The van der Waals surface area contributed by atoms with Crippen LogP contribution in [-0.4, -0.2) is 58.1 Å². The molecule has 294 valence electrons. The van der Waals surface area contributed by atoms with E-state index in [1.807, 2.05) is 0 Å². The van der Waals surface area contributed by atoms with E-state index < -0.39 is 66.8 Å². The molecule has 1 amide bonds. The highest BCUT2D eigenvalue weighted by molar-refractivity contribution is 5.95. The number of carboxylic acid groups (broad SMARTS) is 1. The van der Waals surface area contributed by atoms with E-state index in [4.69, 9.17) is 23.0 Å². The maximum Gasteiger partial charge on any atom is 0.519 e. The Hall–Kier alpha value is -5.16. The number of esters is 2. The van der Waals surface area contributed by atoms with Gasteiger partial charge in [-0.3, -0.25) is 14.4 Å². The summed E-state index contributed by atoms with van der Waals surface area (Å²) in [6.07, 6.45) is 11.5. The lowest BCUT2D eigenvalue weighted by Gasteiger charge is -2.30. The zero-order chi connectivity index (χ0) is 39.3. The molecule has 2 aromatic rings. The summed E-state index contributed by atoms with van der Waals surface area (Å²) in [7, 11) is 0. The van der Waals surface area contributed by atoms with Crippen molar-refractivity contribution in [3.63, 3.8) is 0 Å². The fourth-order valence-electron chi connectivity index (χ4n) is 5.82. The Labute approximate surface area is 314 Å². The summed E-state index contributed by atoms with van der Waals surface area (Å²) in [5, 5.41) is 24.1. The number of hydrogen-bond acceptors (Lipinski definition) is 12. The predicted octanol–water partition coefficient (Wildman–Crippen LogP) is 5.11. The van der Waals surface area contributed by atoms with Crippen molar-refractivity contribution in [1.82, 2.24) is 5.32 Å². The molecule has 3 N–H and O–H groups in total. The Morgan fingerprint density at radius 3 is 2.19 bits per heavy atom. The zero-order valence-electron chi connectivity index (χ0n) is 31.0. The normalized spacial score (nSPS) is 19.4. The van der Waals surface area contributed by atoms with Gasteiger partial charge in [0.1, 0.15) is 24.2 Å². The number of aliphatic hydroxyl groups is 1. The van der Waals surface area contributed by atoms with Crippen LogP contribution >= 0.6 is 0 Å². The van der Waals surface area contributed by atoms with Gasteiger partial charge in [0.2, 0.25) is 5.91 Å². The quantitative estimate of drug-likeness (QED) is 0.0738. The number of ketones is 1. The first-order chi connectivity index (χ1) is 26.0. The van der Waals surface area contributed by atoms with Crippen LogP contribution in [0.5, 0.6) is 5.75 Å². The van der Waals surface area contributed by atoms with Gasteiger partial charge in [0.25, 0.3) is 0 Å². The molecule has 0 fully saturated rings. The first kappa shape index (κ1) is 43.2. The summed E-state index contributed by atoms with van der Waals surface area (Å²) < 4.78 is 25.8. The average Bonchev–Trinajstić information content (AvgIpc) is 3.50. The number of fused-ring (bicyclic) bond motifs is 1. The van der Waals surface area contributed by atoms with Crippen LogP contribution in [0.2, 0.25) is 0 Å². The van der Waals surface area contributed by atoms with Crippen molar-refractivity contribution < 1.29 is 57.2 Å². The molecule has 14 nitrogen and oxygen atoms in total. The molecule has 0 saturated carbocycles. The Morgan fingerprint density at radius 1 is 0.926 bits per heavy atom. The number of carbonyl (C=O) groups is 5. The highest BCUT2D eigenvalue weighted by atomic mass is 16.6. The van der Waals surface area contributed by atoms with Gasteiger partial charge >= 0.3 is 23.7 Å². The van der Waals surface area contributed by atoms with Gasteiger partial charge in [0, 0.05) is 19.3 Å². The minimum Gasteiger partial charge on any atom is -0.481 e. The minimum atomic E-state index is -3.01. The second kappa shape index (κ2) is 22.8. The smallest absolute Gasteiger partial charge is 0.481 e. The van der Waals surface area contributed by atoms with Crippen LogP contribution in [-0.2, 0) is 53.1 Å². The second-order valence-electron chi connectivity index (χ2n) is 13.2. The molecule has 0 saturated heterocycles. The predicted molar refractivity (Wildman–Crippen MR) is 194 cm³/mol. The van der Waals surface area contributed by atoms with E-state index in [2.05, 4.69) is 24.1 Å². The number of allylic oxidation sites excluding steroid dienone is 1. The molecule has 3 rings (SSSR count). The van der Waals surface area contributed by atoms with E-state index in [1.54, 1.807) is 31.2 Å². The molecule has 54 heavy (non-hydrogen) atoms. The molecule has 1 aliphatic rings. The number of nitrogens with one attached hydrogen (secondary N) is 1. The fraction of sp³-hybridized carbons (Fsp3) is 0.550. The van der Waals surface area contributed by atoms with Crippen molar-refractivity contribution >= 4 is 29.6 Å². The van der Waals surface area contributed by atoms with Crippen molar-refractivity contribution in [2.75, 3.05) is 6.61 Å². The van der Waals surface area contributed by atoms with Gasteiger partial charge in [0.15, 0.2) is 30.3 Å². The maximum absolute atomic E-state index is 13.9. The third-order valence-corrected chi connectivity index (χ3v) is 8.93. The van der Waals surface area contributed by atoms with E-state index in [1.165, 1.54) is 18.6 Å². The lowest BCUT2D eigenvalue weighted by atomic mass is 9.82. The lowest BCUT2D eigenvalue weighted by Crippen LogP contribution is -2.55. The van der Waals surface area contributed by atoms with Crippen LogP contribution < -0.4 is 15.9 Å². The number of Topliss-reactive ketones (excluding diaryl/α,β-unsaturated/α-hetero) is 1. The van der Waals surface area contributed by atoms with E-state index in [0.717, 1.165) is 44.9 Å². The van der Waals surface area contributed by atoms with Crippen molar-refractivity contribution in [2.45, 2.75) is 129 Å². The Balaban J connectivity index is 1.77. The summed E-state index contributed by atoms with van der Waals surface area (Å²) in [5.74, 6) is -2.43. The molecule has 3 atom stereocenters. The van der Waals surface area contributed by atoms with Gasteiger partial charge < -0.3 is 38.6 Å². The largest absolute Gasteiger partial charge is 0.519 e. The van der Waals surface area contributed by atoms with Crippen LogP contribution in [0.15, 0.2) is 50.0 Å². The number of carbonyl (C=O) groups excluding carboxylic acids is 4. The van der Waals surface area contributed by atoms with Gasteiger partial charge in [-0.2, -0.15) is 0 Å². The van der Waals surface area contributed by atoms with Crippen LogP contribution in [0, 0.1) is 17.8 Å². The number of amides is 1. The van der Waals surface area contributed by atoms with Crippen molar-refractivity contribution in [3.05, 3.63) is 64.1 Å². The monoisotopic (exact) mass is 753 g/mol. The molecule has 1 aliphatic heterocycles. The van der Waals surface area contributed by atoms with E-state index in [0.29, 0.717) is 37.0 Å². The highest BCUT2D eigenvalue weighted by Crippen LogP contribution is 2.27. The van der Waals surface area contributed by atoms with E-state index in [-0.39, 0.29) is 30.3 Å². The summed E-state index contributed by atoms with van der Waals surface area (Å²) in [6, 6.07) is 5.17. The van der Waals surface area contributed by atoms with Crippen molar-refractivity contribution in [3.8, 4) is 17.6 Å². The van der Waals surface area contributed by atoms with Gasteiger partial charge in [-0.05, 0) is 50.3 Å². The van der Waals surface area contributed by atoms with Crippen molar-refractivity contribution in [2.24, 2.45) is 5.92 Å². The number of hydrogen-bond donors (Lipinski definition) is 3. The maximum atomic E-state index is 13.9. The average molecular weight is 754 g/mol. The first-order valence-electron chi connectivity index (χ1n) is 18.5.